The first-order chi connectivity index (χ1) is 11.3. The minimum atomic E-state index is -0.155. The van der Waals surface area contributed by atoms with Crippen molar-refractivity contribution in [1.29, 1.82) is 0 Å². The van der Waals surface area contributed by atoms with E-state index in [1.165, 1.54) is 11.8 Å². The first-order valence-corrected chi connectivity index (χ1v) is 8.15. The maximum Gasteiger partial charge on any atom is 0.250 e. The number of hydrogen-bond acceptors (Lipinski definition) is 4. The average Bonchev–Trinajstić information content (AvgIpc) is 2.61. The molecule has 23 heavy (non-hydrogen) atoms. The van der Waals surface area contributed by atoms with E-state index >= 15 is 0 Å². The molecule has 1 N–H and O–H groups in total. The van der Waals surface area contributed by atoms with E-state index in [9.17, 15) is 4.79 Å². The fourth-order valence-electron chi connectivity index (χ4n) is 2.02. The van der Waals surface area contributed by atoms with Crippen LogP contribution in [0.5, 0.6) is 0 Å². The second-order valence-corrected chi connectivity index (χ2v) is 5.83. The summed E-state index contributed by atoms with van der Waals surface area (Å²) in [6.45, 7) is 0. The average molecular weight is 321 g/mol. The fraction of sp³-hybridized carbons (Fsp3) is 0.0556. The van der Waals surface area contributed by atoms with E-state index in [2.05, 4.69) is 15.5 Å². The number of benzene rings is 2. The van der Waals surface area contributed by atoms with Gasteiger partial charge in [-0.1, -0.05) is 66.4 Å². The molecule has 1 heterocycles. The number of amides is 1. The van der Waals surface area contributed by atoms with E-state index in [0.29, 0.717) is 0 Å². The number of nitrogens with zero attached hydrogens (tertiary/aromatic N) is 2. The van der Waals surface area contributed by atoms with Crippen molar-refractivity contribution in [2.24, 2.45) is 5.10 Å². The minimum absolute atomic E-state index is 0.155. The summed E-state index contributed by atoms with van der Waals surface area (Å²) in [7, 11) is 0. The Morgan fingerprint density at radius 2 is 1.83 bits per heavy atom. The first-order valence-electron chi connectivity index (χ1n) is 7.17. The molecule has 0 radical (unpaired) electrons. The topological polar surface area (TPSA) is 54.4 Å². The number of hydrazone groups is 1. The highest BCUT2D eigenvalue weighted by Crippen LogP contribution is 2.19. The molecule has 0 fully saturated rings. The van der Waals surface area contributed by atoms with E-state index in [-0.39, 0.29) is 11.7 Å². The summed E-state index contributed by atoms with van der Waals surface area (Å²) in [5, 5.41) is 5.86. The number of hydrogen-bond donors (Lipinski definition) is 1. The van der Waals surface area contributed by atoms with Crippen LogP contribution >= 0.6 is 11.8 Å². The molecule has 0 aliphatic heterocycles. The highest BCUT2D eigenvalue weighted by molar-refractivity contribution is 7.99. The summed E-state index contributed by atoms with van der Waals surface area (Å²) in [4.78, 5) is 16.3. The zero-order valence-electron chi connectivity index (χ0n) is 12.3. The Labute approximate surface area is 138 Å². The molecule has 3 rings (SSSR count). The van der Waals surface area contributed by atoms with Gasteiger partial charge in [0.2, 0.25) is 5.91 Å². The predicted octanol–water partition coefficient (Wildman–Crippen LogP) is 3.48. The lowest BCUT2D eigenvalue weighted by Gasteiger charge is -2.02. The first kappa shape index (κ1) is 15.2. The SMILES string of the molecule is O=C(CSc1ccc2ccccc2n1)N/N=C/c1ccccc1. The molecule has 2 aromatic carbocycles. The van der Waals surface area contributed by atoms with Crippen molar-refractivity contribution in [3.8, 4) is 0 Å². The summed E-state index contributed by atoms with van der Waals surface area (Å²) in [5.41, 5.74) is 4.39. The third-order valence-electron chi connectivity index (χ3n) is 3.13. The molecular weight excluding hydrogens is 306 g/mol. The smallest absolute Gasteiger partial charge is 0.250 e. The van der Waals surface area contributed by atoms with E-state index in [1.54, 1.807) is 6.21 Å². The van der Waals surface area contributed by atoms with Gasteiger partial charge in [-0.25, -0.2) is 10.4 Å². The Kier molecular flexibility index (Phi) is 5.01. The van der Waals surface area contributed by atoms with E-state index in [1.807, 2.05) is 66.7 Å². The molecule has 0 aliphatic rings. The van der Waals surface area contributed by atoms with Crippen LogP contribution in [-0.2, 0) is 4.79 Å². The minimum Gasteiger partial charge on any atom is -0.272 e. The predicted molar refractivity (Wildman–Crippen MR) is 94.6 cm³/mol. The Morgan fingerprint density at radius 1 is 1.04 bits per heavy atom. The molecule has 0 saturated heterocycles. The number of pyridine rings is 1. The lowest BCUT2D eigenvalue weighted by atomic mass is 10.2. The number of aromatic nitrogens is 1. The summed E-state index contributed by atoms with van der Waals surface area (Å²) in [6.07, 6.45) is 1.62. The maximum absolute atomic E-state index is 11.8. The Bertz CT molecular complexity index is 834. The van der Waals surface area contributed by atoms with Crippen LogP contribution < -0.4 is 5.43 Å². The van der Waals surface area contributed by atoms with E-state index in [0.717, 1.165) is 21.5 Å². The number of rotatable bonds is 5. The number of thioether (sulfide) groups is 1. The molecule has 1 aromatic heterocycles. The maximum atomic E-state index is 11.8. The lowest BCUT2D eigenvalue weighted by molar-refractivity contribution is -0.118. The molecule has 4 nitrogen and oxygen atoms in total. The van der Waals surface area contributed by atoms with Crippen molar-refractivity contribution in [2.45, 2.75) is 5.03 Å². The highest BCUT2D eigenvalue weighted by atomic mass is 32.2. The van der Waals surface area contributed by atoms with Crippen LogP contribution in [0.4, 0.5) is 0 Å². The molecule has 3 aromatic rings. The molecule has 0 aliphatic carbocycles. The number of nitrogens with one attached hydrogen (secondary N) is 1. The van der Waals surface area contributed by atoms with Crippen LogP contribution in [0.25, 0.3) is 10.9 Å². The normalized spacial score (nSPS) is 11.0. The Hall–Kier alpha value is -2.66. The van der Waals surface area contributed by atoms with Gasteiger partial charge in [0.1, 0.15) is 0 Å². The molecule has 0 unspecified atom stereocenters. The van der Waals surface area contributed by atoms with Crippen molar-refractivity contribution in [1.82, 2.24) is 10.4 Å². The zero-order valence-corrected chi connectivity index (χ0v) is 13.2. The van der Waals surface area contributed by atoms with Crippen molar-refractivity contribution in [3.05, 3.63) is 72.3 Å². The number of fused-ring (bicyclic) bond motifs is 1. The Morgan fingerprint density at radius 3 is 2.70 bits per heavy atom. The van der Waals surface area contributed by atoms with Crippen LogP contribution in [-0.4, -0.2) is 22.9 Å². The van der Waals surface area contributed by atoms with E-state index in [4.69, 9.17) is 0 Å². The third-order valence-corrected chi connectivity index (χ3v) is 4.06. The molecule has 0 spiro atoms. The zero-order chi connectivity index (χ0) is 15.9. The monoisotopic (exact) mass is 321 g/mol. The van der Waals surface area contributed by atoms with Crippen LogP contribution in [0.1, 0.15) is 5.56 Å². The largest absolute Gasteiger partial charge is 0.272 e. The molecule has 114 valence electrons. The van der Waals surface area contributed by atoms with Crippen LogP contribution in [0.15, 0.2) is 76.9 Å². The summed E-state index contributed by atoms with van der Waals surface area (Å²) in [5.74, 6) is 0.120. The number of carbonyl (C=O) groups excluding carboxylic acids is 1. The number of para-hydroxylation sites is 1. The van der Waals surface area contributed by atoms with Crippen LogP contribution in [0.2, 0.25) is 0 Å². The fourth-order valence-corrected chi connectivity index (χ4v) is 2.69. The van der Waals surface area contributed by atoms with Crippen LogP contribution in [0, 0.1) is 0 Å². The van der Waals surface area contributed by atoms with E-state index < -0.39 is 0 Å². The molecule has 0 atom stereocenters. The van der Waals surface area contributed by atoms with Gasteiger partial charge in [0.05, 0.1) is 22.5 Å². The van der Waals surface area contributed by atoms with Crippen molar-refractivity contribution in [3.63, 3.8) is 0 Å². The molecular formula is C18H15N3OS. The summed E-state index contributed by atoms with van der Waals surface area (Å²) >= 11 is 1.39. The lowest BCUT2D eigenvalue weighted by Crippen LogP contribution is -2.19. The van der Waals surface area contributed by atoms with Gasteiger partial charge in [0.15, 0.2) is 0 Å². The van der Waals surface area contributed by atoms with Gasteiger partial charge in [-0.3, -0.25) is 4.79 Å². The standard InChI is InChI=1S/C18H15N3OS/c22-17(21-19-12-14-6-2-1-3-7-14)13-23-18-11-10-15-8-4-5-9-16(15)20-18/h1-12H,13H2,(H,21,22)/b19-12+. The van der Waals surface area contributed by atoms with Gasteiger partial charge in [-0.15, -0.1) is 0 Å². The van der Waals surface area contributed by atoms with Gasteiger partial charge in [0, 0.05) is 5.39 Å². The van der Waals surface area contributed by atoms with Crippen LogP contribution in [0.3, 0.4) is 0 Å². The molecule has 0 bridgehead atoms. The van der Waals surface area contributed by atoms with Gasteiger partial charge < -0.3 is 0 Å². The van der Waals surface area contributed by atoms with Crippen molar-refractivity contribution in [2.75, 3.05) is 5.75 Å². The molecule has 0 saturated carbocycles. The summed E-state index contributed by atoms with van der Waals surface area (Å²) in [6, 6.07) is 21.5. The second-order valence-electron chi connectivity index (χ2n) is 4.83. The summed E-state index contributed by atoms with van der Waals surface area (Å²) < 4.78 is 0. The van der Waals surface area contributed by atoms with Gasteiger partial charge >= 0.3 is 0 Å². The Balaban J connectivity index is 1.52. The van der Waals surface area contributed by atoms with Crippen molar-refractivity contribution < 1.29 is 4.79 Å². The van der Waals surface area contributed by atoms with Gasteiger partial charge in [0.25, 0.3) is 0 Å². The number of carbonyl (C=O) groups is 1. The van der Waals surface area contributed by atoms with Crippen molar-refractivity contribution >= 4 is 34.8 Å². The van der Waals surface area contributed by atoms with Gasteiger partial charge in [-0.2, -0.15) is 5.10 Å². The second kappa shape index (κ2) is 7.56. The quantitative estimate of drug-likeness (QED) is 0.445. The molecule has 1 amide bonds. The third kappa shape index (κ3) is 4.40. The molecule has 5 heteroatoms. The highest BCUT2D eigenvalue weighted by Gasteiger charge is 2.03. The van der Waals surface area contributed by atoms with Gasteiger partial charge in [-0.05, 0) is 17.7 Å².